The quantitative estimate of drug-likeness (QED) is 0.690. The van der Waals surface area contributed by atoms with Crippen LogP contribution in [0.4, 0.5) is 5.69 Å². The first-order valence-electron chi connectivity index (χ1n) is 7.80. The zero-order valence-corrected chi connectivity index (χ0v) is 14.7. The van der Waals surface area contributed by atoms with Gasteiger partial charge < -0.3 is 9.88 Å². The zero-order chi connectivity index (χ0) is 17.3. The van der Waals surface area contributed by atoms with Gasteiger partial charge in [-0.25, -0.2) is 0 Å². The van der Waals surface area contributed by atoms with E-state index < -0.39 is 0 Å². The van der Waals surface area contributed by atoms with E-state index >= 15 is 0 Å². The molecule has 0 aliphatic heterocycles. The van der Waals surface area contributed by atoms with Gasteiger partial charge in [-0.15, -0.1) is 0 Å². The van der Waals surface area contributed by atoms with Crippen LogP contribution in [-0.2, 0) is 0 Å². The minimum Gasteiger partial charge on any atom is -0.322 e. The van der Waals surface area contributed by atoms with Crippen LogP contribution < -0.4 is 5.32 Å². The first-order valence-corrected chi connectivity index (χ1v) is 8.17. The maximum Gasteiger partial charge on any atom is 0.257 e. The van der Waals surface area contributed by atoms with E-state index in [4.69, 9.17) is 11.6 Å². The number of rotatable bonds is 3. The number of aromatic nitrogens is 1. The molecule has 1 N–H and O–H groups in total. The smallest absolute Gasteiger partial charge is 0.257 e. The number of benzene rings is 2. The van der Waals surface area contributed by atoms with E-state index in [1.165, 1.54) is 0 Å². The summed E-state index contributed by atoms with van der Waals surface area (Å²) in [6.07, 6.45) is 0. The molecule has 0 aliphatic rings. The number of para-hydroxylation sites is 1. The van der Waals surface area contributed by atoms with Crippen LogP contribution in [0.3, 0.4) is 0 Å². The largest absolute Gasteiger partial charge is 0.322 e. The molecule has 0 bridgehead atoms. The molecule has 24 heavy (non-hydrogen) atoms. The van der Waals surface area contributed by atoms with Crippen LogP contribution in [-0.4, -0.2) is 10.5 Å². The summed E-state index contributed by atoms with van der Waals surface area (Å²) in [7, 11) is 0. The van der Waals surface area contributed by atoms with E-state index in [0.717, 1.165) is 28.3 Å². The summed E-state index contributed by atoms with van der Waals surface area (Å²) in [6.45, 7) is 5.95. The predicted octanol–water partition coefficient (Wildman–Crippen LogP) is 5.31. The van der Waals surface area contributed by atoms with Crippen molar-refractivity contribution in [3.8, 4) is 5.69 Å². The number of halogens is 1. The Morgan fingerprint density at radius 2 is 1.58 bits per heavy atom. The van der Waals surface area contributed by atoms with Gasteiger partial charge in [0, 0.05) is 22.1 Å². The van der Waals surface area contributed by atoms with Crippen LogP contribution in [0.15, 0.2) is 54.6 Å². The second kappa shape index (κ2) is 6.54. The standard InChI is InChI=1S/C20H19ClN2O/c1-13-11-12-14(2)23(13)19-10-5-4-7-16(19)20(24)22-18-9-6-8-17(21)15(18)3/h4-12H,1-3H3,(H,22,24). The Kier molecular flexibility index (Phi) is 4.45. The van der Waals surface area contributed by atoms with Gasteiger partial charge in [0.15, 0.2) is 0 Å². The molecule has 3 rings (SSSR count). The van der Waals surface area contributed by atoms with Crippen molar-refractivity contribution in [3.05, 3.63) is 82.1 Å². The van der Waals surface area contributed by atoms with Crippen molar-refractivity contribution in [1.82, 2.24) is 4.57 Å². The number of aryl methyl sites for hydroxylation is 2. The van der Waals surface area contributed by atoms with Gasteiger partial charge in [0.1, 0.15) is 0 Å². The van der Waals surface area contributed by atoms with Crippen molar-refractivity contribution in [3.63, 3.8) is 0 Å². The normalized spacial score (nSPS) is 10.7. The molecule has 0 saturated heterocycles. The Labute approximate surface area is 146 Å². The Bertz CT molecular complexity index is 892. The number of anilines is 1. The van der Waals surface area contributed by atoms with E-state index in [2.05, 4.69) is 9.88 Å². The SMILES string of the molecule is Cc1c(Cl)cccc1NC(=O)c1ccccc1-n1c(C)ccc1C. The topological polar surface area (TPSA) is 34.0 Å². The van der Waals surface area contributed by atoms with Crippen molar-refractivity contribution >= 4 is 23.2 Å². The highest BCUT2D eigenvalue weighted by atomic mass is 35.5. The Hall–Kier alpha value is -2.52. The second-order valence-electron chi connectivity index (χ2n) is 5.84. The summed E-state index contributed by atoms with van der Waals surface area (Å²) in [4.78, 5) is 12.8. The number of carbonyl (C=O) groups excluding carboxylic acids is 1. The van der Waals surface area contributed by atoms with Crippen LogP contribution in [0.25, 0.3) is 5.69 Å². The van der Waals surface area contributed by atoms with Crippen LogP contribution in [0, 0.1) is 20.8 Å². The van der Waals surface area contributed by atoms with Gasteiger partial charge in [-0.2, -0.15) is 0 Å². The number of hydrogen-bond acceptors (Lipinski definition) is 1. The molecule has 0 atom stereocenters. The predicted molar refractivity (Wildman–Crippen MR) is 99.4 cm³/mol. The molecule has 2 aromatic carbocycles. The van der Waals surface area contributed by atoms with Gasteiger partial charge in [-0.3, -0.25) is 4.79 Å². The fourth-order valence-corrected chi connectivity index (χ4v) is 3.02. The maximum absolute atomic E-state index is 12.8. The van der Waals surface area contributed by atoms with Gasteiger partial charge in [0.05, 0.1) is 11.3 Å². The highest BCUT2D eigenvalue weighted by Crippen LogP contribution is 2.25. The van der Waals surface area contributed by atoms with Crippen molar-refractivity contribution < 1.29 is 4.79 Å². The lowest BCUT2D eigenvalue weighted by atomic mass is 10.1. The zero-order valence-electron chi connectivity index (χ0n) is 13.9. The molecule has 3 aromatic rings. The Balaban J connectivity index is 2.01. The summed E-state index contributed by atoms with van der Waals surface area (Å²) in [6, 6.07) is 17.2. The van der Waals surface area contributed by atoms with E-state index in [1.807, 2.05) is 75.4 Å². The minimum absolute atomic E-state index is 0.150. The molecule has 0 unspecified atom stereocenters. The fourth-order valence-electron chi connectivity index (χ4n) is 2.84. The fraction of sp³-hybridized carbons (Fsp3) is 0.150. The van der Waals surface area contributed by atoms with Crippen molar-refractivity contribution in [2.24, 2.45) is 0 Å². The molecule has 1 heterocycles. The first-order chi connectivity index (χ1) is 11.5. The molecule has 0 spiro atoms. The highest BCUT2D eigenvalue weighted by Gasteiger charge is 2.15. The summed E-state index contributed by atoms with van der Waals surface area (Å²) >= 11 is 6.14. The number of carbonyl (C=O) groups is 1. The molecular weight excluding hydrogens is 320 g/mol. The van der Waals surface area contributed by atoms with Crippen LogP contribution >= 0.6 is 11.6 Å². The third-order valence-electron chi connectivity index (χ3n) is 4.18. The van der Waals surface area contributed by atoms with E-state index in [9.17, 15) is 4.79 Å². The van der Waals surface area contributed by atoms with E-state index in [1.54, 1.807) is 0 Å². The molecule has 0 aliphatic carbocycles. The van der Waals surface area contributed by atoms with Crippen LogP contribution in [0.1, 0.15) is 27.3 Å². The minimum atomic E-state index is -0.150. The molecular formula is C20H19ClN2O. The summed E-state index contributed by atoms with van der Waals surface area (Å²) in [5.41, 5.74) is 5.26. The van der Waals surface area contributed by atoms with Crippen LogP contribution in [0.2, 0.25) is 5.02 Å². The Morgan fingerprint density at radius 1 is 0.917 bits per heavy atom. The molecule has 4 heteroatoms. The highest BCUT2D eigenvalue weighted by molar-refractivity contribution is 6.31. The average Bonchev–Trinajstić information content (AvgIpc) is 2.90. The van der Waals surface area contributed by atoms with Gasteiger partial charge >= 0.3 is 0 Å². The van der Waals surface area contributed by atoms with Gasteiger partial charge in [0.2, 0.25) is 0 Å². The maximum atomic E-state index is 12.8. The molecule has 1 amide bonds. The van der Waals surface area contributed by atoms with E-state index in [-0.39, 0.29) is 5.91 Å². The Morgan fingerprint density at radius 3 is 2.29 bits per heavy atom. The third kappa shape index (κ3) is 2.95. The van der Waals surface area contributed by atoms with Crippen LogP contribution in [0.5, 0.6) is 0 Å². The number of hydrogen-bond donors (Lipinski definition) is 1. The molecule has 3 nitrogen and oxygen atoms in total. The van der Waals surface area contributed by atoms with Gasteiger partial charge in [0.25, 0.3) is 5.91 Å². The molecule has 0 fully saturated rings. The van der Waals surface area contributed by atoms with E-state index in [0.29, 0.717) is 10.6 Å². The molecule has 1 aromatic heterocycles. The van der Waals surface area contributed by atoms with Gasteiger partial charge in [-0.1, -0.05) is 29.8 Å². The average molecular weight is 339 g/mol. The molecule has 0 saturated carbocycles. The lowest BCUT2D eigenvalue weighted by Crippen LogP contribution is -2.16. The third-order valence-corrected chi connectivity index (χ3v) is 4.59. The monoisotopic (exact) mass is 338 g/mol. The number of nitrogens with one attached hydrogen (secondary N) is 1. The number of amides is 1. The summed E-state index contributed by atoms with van der Waals surface area (Å²) in [5.74, 6) is -0.150. The summed E-state index contributed by atoms with van der Waals surface area (Å²) in [5, 5.41) is 3.61. The molecule has 0 radical (unpaired) electrons. The molecule has 122 valence electrons. The van der Waals surface area contributed by atoms with Crippen molar-refractivity contribution in [2.75, 3.05) is 5.32 Å². The lowest BCUT2D eigenvalue weighted by Gasteiger charge is -2.15. The van der Waals surface area contributed by atoms with Crippen molar-refractivity contribution in [2.45, 2.75) is 20.8 Å². The summed E-state index contributed by atoms with van der Waals surface area (Å²) < 4.78 is 2.08. The number of nitrogens with zero attached hydrogens (tertiary/aromatic N) is 1. The van der Waals surface area contributed by atoms with Crippen molar-refractivity contribution in [1.29, 1.82) is 0 Å². The second-order valence-corrected chi connectivity index (χ2v) is 6.24. The first kappa shape index (κ1) is 16.3. The van der Waals surface area contributed by atoms with Gasteiger partial charge in [-0.05, 0) is 62.7 Å². The lowest BCUT2D eigenvalue weighted by molar-refractivity contribution is 0.102.